The first-order chi connectivity index (χ1) is 15.5. The van der Waals surface area contributed by atoms with Crippen LogP contribution in [0.15, 0.2) is 47.5 Å². The molecule has 0 aliphatic rings. The van der Waals surface area contributed by atoms with E-state index in [1.54, 1.807) is 31.4 Å². The summed E-state index contributed by atoms with van der Waals surface area (Å²) in [7, 11) is 1.64. The molecule has 8 heteroatoms. The molecule has 170 valence electrons. The highest BCUT2D eigenvalue weighted by atomic mass is 32.1. The molecule has 0 bridgehead atoms. The zero-order chi connectivity index (χ0) is 22.9. The summed E-state index contributed by atoms with van der Waals surface area (Å²) in [6.45, 7) is 5.35. The van der Waals surface area contributed by atoms with E-state index in [0.717, 1.165) is 35.2 Å². The van der Waals surface area contributed by atoms with E-state index in [2.05, 4.69) is 17.2 Å². The SMILES string of the molecule is CCCCCOc1ccc(C(=O)N=c2sc3cc(NC(C)=O)ccc3n2CCOC)cc1. The summed E-state index contributed by atoms with van der Waals surface area (Å²) < 4.78 is 13.8. The minimum atomic E-state index is -0.317. The van der Waals surface area contributed by atoms with Gasteiger partial charge in [0.2, 0.25) is 5.91 Å². The Morgan fingerprint density at radius 2 is 1.88 bits per heavy atom. The Morgan fingerprint density at radius 1 is 1.09 bits per heavy atom. The first-order valence-electron chi connectivity index (χ1n) is 10.7. The number of rotatable bonds is 10. The van der Waals surface area contributed by atoms with Gasteiger partial charge in [0, 0.05) is 31.8 Å². The molecule has 1 aromatic heterocycles. The van der Waals surface area contributed by atoms with E-state index in [0.29, 0.717) is 35.8 Å². The van der Waals surface area contributed by atoms with Gasteiger partial charge in [-0.2, -0.15) is 4.99 Å². The van der Waals surface area contributed by atoms with Crippen molar-refractivity contribution in [3.8, 4) is 5.75 Å². The second kappa shape index (κ2) is 11.6. The van der Waals surface area contributed by atoms with Crippen LogP contribution in [0.4, 0.5) is 5.69 Å². The smallest absolute Gasteiger partial charge is 0.279 e. The molecule has 2 amide bonds. The molecule has 0 spiro atoms. The van der Waals surface area contributed by atoms with Crippen LogP contribution in [0, 0.1) is 0 Å². The number of aromatic nitrogens is 1. The Bertz CT molecular complexity index is 1130. The lowest BCUT2D eigenvalue weighted by Gasteiger charge is -2.06. The van der Waals surface area contributed by atoms with Gasteiger partial charge >= 0.3 is 0 Å². The monoisotopic (exact) mass is 455 g/mol. The lowest BCUT2D eigenvalue weighted by Crippen LogP contribution is -2.19. The molecule has 3 aromatic rings. The van der Waals surface area contributed by atoms with Crippen molar-refractivity contribution in [2.24, 2.45) is 4.99 Å². The number of amides is 2. The second-order valence-corrected chi connectivity index (χ2v) is 8.40. The summed E-state index contributed by atoms with van der Waals surface area (Å²) in [5.74, 6) is 0.300. The molecule has 0 saturated heterocycles. The van der Waals surface area contributed by atoms with Crippen molar-refractivity contribution in [2.45, 2.75) is 39.7 Å². The molecule has 0 saturated carbocycles. The van der Waals surface area contributed by atoms with Crippen molar-refractivity contribution in [3.05, 3.63) is 52.8 Å². The third kappa shape index (κ3) is 6.27. The quantitative estimate of drug-likeness (QED) is 0.452. The van der Waals surface area contributed by atoms with Crippen LogP contribution >= 0.6 is 11.3 Å². The Labute approximate surface area is 191 Å². The summed E-state index contributed by atoms with van der Waals surface area (Å²) in [6.07, 6.45) is 3.30. The Kier molecular flexibility index (Phi) is 8.58. The highest BCUT2D eigenvalue weighted by molar-refractivity contribution is 7.16. The summed E-state index contributed by atoms with van der Waals surface area (Å²) in [5.41, 5.74) is 2.14. The van der Waals surface area contributed by atoms with Gasteiger partial charge in [0.25, 0.3) is 5.91 Å². The minimum absolute atomic E-state index is 0.133. The van der Waals surface area contributed by atoms with E-state index in [4.69, 9.17) is 9.47 Å². The summed E-state index contributed by atoms with van der Waals surface area (Å²) in [4.78, 5) is 29.2. The Hall–Kier alpha value is -2.97. The van der Waals surface area contributed by atoms with Gasteiger partial charge in [-0.05, 0) is 48.9 Å². The van der Waals surface area contributed by atoms with Crippen molar-refractivity contribution in [1.82, 2.24) is 4.57 Å². The van der Waals surface area contributed by atoms with Crippen molar-refractivity contribution < 1.29 is 19.1 Å². The van der Waals surface area contributed by atoms with Crippen LogP contribution in [-0.4, -0.2) is 36.7 Å². The topological polar surface area (TPSA) is 81.9 Å². The molecule has 2 aromatic carbocycles. The van der Waals surface area contributed by atoms with Crippen LogP contribution in [-0.2, 0) is 16.1 Å². The lowest BCUT2D eigenvalue weighted by atomic mass is 10.2. The van der Waals surface area contributed by atoms with Gasteiger partial charge in [-0.25, -0.2) is 0 Å². The van der Waals surface area contributed by atoms with Gasteiger partial charge in [0.05, 0.1) is 23.4 Å². The number of nitrogens with zero attached hydrogens (tertiary/aromatic N) is 2. The molecular weight excluding hydrogens is 426 g/mol. The Morgan fingerprint density at radius 3 is 2.56 bits per heavy atom. The number of nitrogens with one attached hydrogen (secondary N) is 1. The van der Waals surface area contributed by atoms with E-state index >= 15 is 0 Å². The predicted molar refractivity (Wildman–Crippen MR) is 127 cm³/mol. The normalized spacial score (nSPS) is 11.7. The van der Waals surface area contributed by atoms with Crippen LogP contribution in [0.3, 0.4) is 0 Å². The maximum absolute atomic E-state index is 12.8. The van der Waals surface area contributed by atoms with Crippen molar-refractivity contribution in [3.63, 3.8) is 0 Å². The van der Waals surface area contributed by atoms with E-state index in [9.17, 15) is 9.59 Å². The van der Waals surface area contributed by atoms with Crippen LogP contribution in [0.25, 0.3) is 10.2 Å². The number of carbonyl (C=O) groups is 2. The highest BCUT2D eigenvalue weighted by Gasteiger charge is 2.11. The zero-order valence-electron chi connectivity index (χ0n) is 18.7. The number of hydrogen-bond acceptors (Lipinski definition) is 5. The molecule has 0 radical (unpaired) electrons. The van der Waals surface area contributed by atoms with Crippen molar-refractivity contribution in [2.75, 3.05) is 25.6 Å². The predicted octanol–water partition coefficient (Wildman–Crippen LogP) is 4.62. The summed E-state index contributed by atoms with van der Waals surface area (Å²) in [6, 6.07) is 12.7. The highest BCUT2D eigenvalue weighted by Crippen LogP contribution is 2.22. The number of unbranched alkanes of at least 4 members (excludes halogenated alkanes) is 2. The van der Waals surface area contributed by atoms with Gasteiger partial charge in [0.1, 0.15) is 5.75 Å². The standard InChI is InChI=1S/C24H29N3O4S/c1-4-5-6-14-31-20-10-7-18(8-11-20)23(29)26-24-27(13-15-30-3)21-12-9-19(25-17(2)28)16-22(21)32-24/h7-12,16H,4-6,13-15H2,1-3H3,(H,25,28). The van der Waals surface area contributed by atoms with Gasteiger partial charge in [-0.15, -0.1) is 0 Å². The number of ether oxygens (including phenoxy) is 2. The number of thiazole rings is 1. The molecule has 0 fully saturated rings. The van der Waals surface area contributed by atoms with Crippen molar-refractivity contribution in [1.29, 1.82) is 0 Å². The van der Waals surface area contributed by atoms with E-state index < -0.39 is 0 Å². The minimum Gasteiger partial charge on any atom is -0.494 e. The van der Waals surface area contributed by atoms with Gasteiger partial charge in [-0.1, -0.05) is 31.1 Å². The first-order valence-corrected chi connectivity index (χ1v) is 11.5. The average Bonchev–Trinajstić information content (AvgIpc) is 3.11. The Balaban J connectivity index is 1.86. The maximum Gasteiger partial charge on any atom is 0.279 e. The van der Waals surface area contributed by atoms with Gasteiger partial charge in [0.15, 0.2) is 4.80 Å². The molecule has 0 aliphatic heterocycles. The number of fused-ring (bicyclic) bond motifs is 1. The van der Waals surface area contributed by atoms with Gasteiger partial charge in [-0.3, -0.25) is 9.59 Å². The fourth-order valence-corrected chi connectivity index (χ4v) is 4.32. The largest absolute Gasteiger partial charge is 0.494 e. The van der Waals surface area contributed by atoms with Crippen LogP contribution in [0.5, 0.6) is 5.75 Å². The second-order valence-electron chi connectivity index (χ2n) is 7.39. The molecule has 0 aliphatic carbocycles. The molecule has 0 atom stereocenters. The first kappa shape index (κ1) is 23.7. The number of carbonyl (C=O) groups excluding carboxylic acids is 2. The molecular formula is C24H29N3O4S. The lowest BCUT2D eigenvalue weighted by molar-refractivity contribution is -0.114. The number of benzene rings is 2. The molecule has 1 N–H and O–H groups in total. The van der Waals surface area contributed by atoms with Crippen LogP contribution < -0.4 is 14.9 Å². The molecule has 0 unspecified atom stereocenters. The number of methoxy groups -OCH3 is 1. The fraction of sp³-hybridized carbons (Fsp3) is 0.375. The third-order valence-electron chi connectivity index (χ3n) is 4.84. The van der Waals surface area contributed by atoms with Crippen LogP contribution in [0.1, 0.15) is 43.5 Å². The van der Waals surface area contributed by atoms with Crippen LogP contribution in [0.2, 0.25) is 0 Å². The van der Waals surface area contributed by atoms with E-state index in [1.165, 1.54) is 18.3 Å². The summed E-state index contributed by atoms with van der Waals surface area (Å²) >= 11 is 1.40. The number of anilines is 1. The molecule has 3 rings (SSSR count). The third-order valence-corrected chi connectivity index (χ3v) is 5.88. The molecule has 1 heterocycles. The molecule has 32 heavy (non-hydrogen) atoms. The summed E-state index contributed by atoms with van der Waals surface area (Å²) in [5, 5.41) is 2.79. The molecule has 7 nitrogen and oxygen atoms in total. The van der Waals surface area contributed by atoms with Gasteiger partial charge < -0.3 is 19.4 Å². The van der Waals surface area contributed by atoms with E-state index in [1.807, 2.05) is 22.8 Å². The van der Waals surface area contributed by atoms with E-state index in [-0.39, 0.29) is 11.8 Å². The average molecular weight is 456 g/mol. The number of hydrogen-bond donors (Lipinski definition) is 1. The fourth-order valence-electron chi connectivity index (χ4n) is 3.23. The zero-order valence-corrected chi connectivity index (χ0v) is 19.5. The maximum atomic E-state index is 12.8. The van der Waals surface area contributed by atoms with Crippen molar-refractivity contribution >= 4 is 39.1 Å².